The summed E-state index contributed by atoms with van der Waals surface area (Å²) in [5.41, 5.74) is 0.670. The van der Waals surface area contributed by atoms with E-state index in [1.807, 2.05) is 6.07 Å². The summed E-state index contributed by atoms with van der Waals surface area (Å²) in [4.78, 5) is -0.00807. The molecule has 0 aromatic heterocycles. The van der Waals surface area contributed by atoms with Gasteiger partial charge in [0.25, 0.3) is 0 Å². The summed E-state index contributed by atoms with van der Waals surface area (Å²) in [5.74, 6) is 0. The monoisotopic (exact) mass is 345 g/mol. The van der Waals surface area contributed by atoms with E-state index in [2.05, 4.69) is 4.72 Å². The average Bonchev–Trinajstić information content (AvgIpc) is 2.48. The van der Waals surface area contributed by atoms with Crippen molar-refractivity contribution in [2.24, 2.45) is 0 Å². The lowest BCUT2D eigenvalue weighted by Gasteiger charge is -2.17. The van der Waals surface area contributed by atoms with Gasteiger partial charge in [0.05, 0.1) is 27.6 Å². The zero-order valence-corrected chi connectivity index (χ0v) is 13.2. The number of halogens is 2. The van der Waals surface area contributed by atoms with Crippen LogP contribution in [0.25, 0.3) is 0 Å². The first-order valence-corrected chi connectivity index (χ1v) is 8.31. The normalized spacial score (nSPS) is 13.1. The van der Waals surface area contributed by atoms with Crippen LogP contribution in [-0.4, -0.2) is 20.1 Å². The van der Waals surface area contributed by atoms with Crippen LogP contribution < -0.4 is 4.72 Å². The SMILES string of the molecule is O=S(=O)(N[C@H](CO)c1ccccc1)c1ccc(Cl)c(Cl)c1. The minimum atomic E-state index is -3.81. The van der Waals surface area contributed by atoms with Gasteiger partial charge in [-0.1, -0.05) is 53.5 Å². The van der Waals surface area contributed by atoms with Crippen molar-refractivity contribution in [3.63, 3.8) is 0 Å². The molecule has 4 nitrogen and oxygen atoms in total. The highest BCUT2D eigenvalue weighted by Gasteiger charge is 2.21. The predicted octanol–water partition coefficient (Wildman–Crippen LogP) is 3.01. The van der Waals surface area contributed by atoms with Crippen LogP contribution in [-0.2, 0) is 10.0 Å². The molecule has 2 N–H and O–H groups in total. The summed E-state index contributed by atoms with van der Waals surface area (Å²) in [7, 11) is -3.81. The molecule has 0 radical (unpaired) electrons. The smallest absolute Gasteiger partial charge is 0.241 e. The van der Waals surface area contributed by atoms with Crippen LogP contribution in [0.15, 0.2) is 53.4 Å². The van der Waals surface area contributed by atoms with Gasteiger partial charge in [-0.25, -0.2) is 13.1 Å². The van der Waals surface area contributed by atoms with E-state index < -0.39 is 16.1 Å². The lowest BCUT2D eigenvalue weighted by atomic mass is 10.1. The van der Waals surface area contributed by atoms with Crippen molar-refractivity contribution in [3.8, 4) is 0 Å². The van der Waals surface area contributed by atoms with Gasteiger partial charge >= 0.3 is 0 Å². The van der Waals surface area contributed by atoms with Crippen LogP contribution >= 0.6 is 23.2 Å². The molecule has 0 aliphatic carbocycles. The molecule has 1 atom stereocenters. The molecule has 0 bridgehead atoms. The highest BCUT2D eigenvalue weighted by molar-refractivity contribution is 7.89. The molecule has 0 aliphatic rings. The summed E-state index contributed by atoms with van der Waals surface area (Å²) < 4.78 is 27.1. The fourth-order valence-corrected chi connectivity index (χ4v) is 3.40. The molecule has 0 heterocycles. The Morgan fingerprint density at radius 1 is 1.05 bits per heavy atom. The molecule has 2 aromatic rings. The van der Waals surface area contributed by atoms with Gasteiger partial charge in [-0.3, -0.25) is 0 Å². The Balaban J connectivity index is 2.29. The molecule has 0 spiro atoms. The zero-order chi connectivity index (χ0) is 15.5. The Morgan fingerprint density at radius 3 is 2.29 bits per heavy atom. The van der Waals surface area contributed by atoms with E-state index in [4.69, 9.17) is 23.2 Å². The van der Waals surface area contributed by atoms with Gasteiger partial charge in [0, 0.05) is 0 Å². The van der Waals surface area contributed by atoms with E-state index in [9.17, 15) is 13.5 Å². The maximum absolute atomic E-state index is 12.3. The number of benzene rings is 2. The average molecular weight is 346 g/mol. The molecular weight excluding hydrogens is 333 g/mol. The zero-order valence-electron chi connectivity index (χ0n) is 10.8. The Kier molecular flexibility index (Phi) is 5.24. The highest BCUT2D eigenvalue weighted by Crippen LogP contribution is 2.25. The maximum Gasteiger partial charge on any atom is 0.241 e. The van der Waals surface area contributed by atoms with E-state index in [1.54, 1.807) is 24.3 Å². The second-order valence-corrected chi connectivity index (χ2v) is 6.87. The third kappa shape index (κ3) is 3.96. The number of aliphatic hydroxyl groups is 1. The van der Waals surface area contributed by atoms with Crippen molar-refractivity contribution in [1.82, 2.24) is 4.72 Å². The van der Waals surface area contributed by atoms with Gasteiger partial charge in [-0.15, -0.1) is 0 Å². The topological polar surface area (TPSA) is 66.4 Å². The molecule has 2 aromatic carbocycles. The van der Waals surface area contributed by atoms with Crippen LogP contribution in [0.2, 0.25) is 10.0 Å². The van der Waals surface area contributed by atoms with Crippen LogP contribution in [0.5, 0.6) is 0 Å². The molecule has 0 aliphatic heterocycles. The summed E-state index contributed by atoms with van der Waals surface area (Å²) >= 11 is 11.6. The van der Waals surface area contributed by atoms with Crippen LogP contribution in [0, 0.1) is 0 Å². The van der Waals surface area contributed by atoms with Crippen LogP contribution in [0.3, 0.4) is 0 Å². The van der Waals surface area contributed by atoms with Gasteiger partial charge in [-0.05, 0) is 23.8 Å². The molecule has 112 valence electrons. The minimum Gasteiger partial charge on any atom is -0.394 e. The lowest BCUT2D eigenvalue weighted by molar-refractivity contribution is 0.259. The molecule has 0 amide bonds. The first-order chi connectivity index (χ1) is 9.94. The summed E-state index contributed by atoms with van der Waals surface area (Å²) in [5, 5.41) is 9.84. The van der Waals surface area contributed by atoms with E-state index in [-0.39, 0.29) is 21.5 Å². The van der Waals surface area contributed by atoms with Gasteiger partial charge in [-0.2, -0.15) is 0 Å². The van der Waals surface area contributed by atoms with Crippen LogP contribution in [0.1, 0.15) is 11.6 Å². The predicted molar refractivity (Wildman–Crippen MR) is 83.1 cm³/mol. The van der Waals surface area contributed by atoms with Gasteiger partial charge in [0.15, 0.2) is 0 Å². The largest absolute Gasteiger partial charge is 0.394 e. The standard InChI is InChI=1S/C14H13Cl2NO3S/c15-12-7-6-11(8-13(12)16)21(19,20)17-14(9-18)10-4-2-1-3-5-10/h1-8,14,17-18H,9H2/t14-/m1/s1. The molecular formula is C14H13Cl2NO3S. The quantitative estimate of drug-likeness (QED) is 0.875. The van der Waals surface area contributed by atoms with Gasteiger partial charge in [0.2, 0.25) is 10.0 Å². The van der Waals surface area contributed by atoms with E-state index >= 15 is 0 Å². The van der Waals surface area contributed by atoms with Crippen LogP contribution in [0.4, 0.5) is 0 Å². The lowest BCUT2D eigenvalue weighted by Crippen LogP contribution is -2.30. The number of aliphatic hydroxyl groups excluding tert-OH is 1. The third-order valence-electron chi connectivity index (χ3n) is 2.88. The minimum absolute atomic E-state index is 0.00807. The highest BCUT2D eigenvalue weighted by atomic mass is 35.5. The molecule has 0 saturated heterocycles. The second kappa shape index (κ2) is 6.77. The Morgan fingerprint density at radius 2 is 1.71 bits per heavy atom. The van der Waals surface area contributed by atoms with Gasteiger partial charge < -0.3 is 5.11 Å². The first kappa shape index (κ1) is 16.3. The maximum atomic E-state index is 12.3. The number of sulfonamides is 1. The fourth-order valence-electron chi connectivity index (χ4n) is 1.80. The van der Waals surface area contributed by atoms with Gasteiger partial charge in [0.1, 0.15) is 0 Å². The summed E-state index contributed by atoms with van der Waals surface area (Å²) in [6.07, 6.45) is 0. The summed E-state index contributed by atoms with van der Waals surface area (Å²) in [6, 6.07) is 12.1. The van der Waals surface area contributed by atoms with Crippen molar-refractivity contribution < 1.29 is 13.5 Å². The van der Waals surface area contributed by atoms with Crippen molar-refractivity contribution in [3.05, 3.63) is 64.1 Å². The van der Waals surface area contributed by atoms with E-state index in [0.717, 1.165) is 0 Å². The van der Waals surface area contributed by atoms with Crippen molar-refractivity contribution in [2.75, 3.05) is 6.61 Å². The molecule has 2 rings (SSSR count). The van der Waals surface area contributed by atoms with Crippen molar-refractivity contribution in [2.45, 2.75) is 10.9 Å². The Bertz CT molecular complexity index is 720. The molecule has 21 heavy (non-hydrogen) atoms. The number of rotatable bonds is 5. The van der Waals surface area contributed by atoms with E-state index in [0.29, 0.717) is 5.56 Å². The fraction of sp³-hybridized carbons (Fsp3) is 0.143. The molecule has 0 saturated carbocycles. The Hall–Kier alpha value is -1.11. The van der Waals surface area contributed by atoms with Crippen molar-refractivity contribution in [1.29, 1.82) is 0 Å². The molecule has 7 heteroatoms. The van der Waals surface area contributed by atoms with E-state index in [1.165, 1.54) is 18.2 Å². The number of nitrogens with one attached hydrogen (secondary N) is 1. The number of hydrogen-bond donors (Lipinski definition) is 2. The van der Waals surface area contributed by atoms with Crippen molar-refractivity contribution >= 4 is 33.2 Å². The third-order valence-corrected chi connectivity index (χ3v) is 5.09. The first-order valence-electron chi connectivity index (χ1n) is 6.07. The number of hydrogen-bond acceptors (Lipinski definition) is 3. The molecule has 0 unspecified atom stereocenters. The Labute approximate surface area is 133 Å². The molecule has 0 fully saturated rings. The summed E-state index contributed by atoms with van der Waals surface area (Å²) in [6.45, 7) is -0.357. The second-order valence-electron chi connectivity index (χ2n) is 4.34.